The lowest BCUT2D eigenvalue weighted by molar-refractivity contribution is 0.329. The van der Waals surface area contributed by atoms with Crippen LogP contribution >= 0.6 is 31.9 Å². The van der Waals surface area contributed by atoms with Gasteiger partial charge >= 0.3 is 0 Å². The van der Waals surface area contributed by atoms with Crippen molar-refractivity contribution < 1.29 is 9.47 Å². The van der Waals surface area contributed by atoms with Gasteiger partial charge in [0.2, 0.25) is 0 Å². The molecule has 3 rings (SSSR count). The molecule has 0 saturated carbocycles. The van der Waals surface area contributed by atoms with Crippen molar-refractivity contribution in [3.05, 3.63) is 58.1 Å². The fourth-order valence-electron chi connectivity index (χ4n) is 2.52. The van der Waals surface area contributed by atoms with E-state index >= 15 is 0 Å². The third-order valence-corrected chi connectivity index (χ3v) is 5.37. The van der Waals surface area contributed by atoms with Crippen molar-refractivity contribution in [2.45, 2.75) is 10.7 Å². The van der Waals surface area contributed by atoms with Gasteiger partial charge in [-0.1, -0.05) is 40.2 Å². The van der Waals surface area contributed by atoms with Crippen molar-refractivity contribution in [2.75, 3.05) is 13.7 Å². The SMILES string of the molecule is COc1ccc(C(Br)C2COc3ccccc32)cc1Br. The van der Waals surface area contributed by atoms with Gasteiger partial charge in [-0.2, -0.15) is 0 Å². The summed E-state index contributed by atoms with van der Waals surface area (Å²) < 4.78 is 12.0. The number of benzene rings is 2. The Morgan fingerprint density at radius 1 is 1.25 bits per heavy atom. The number of halogens is 2. The van der Waals surface area contributed by atoms with Gasteiger partial charge in [-0.15, -0.1) is 0 Å². The molecule has 1 heterocycles. The van der Waals surface area contributed by atoms with Crippen molar-refractivity contribution in [3.63, 3.8) is 0 Å². The summed E-state index contributed by atoms with van der Waals surface area (Å²) >= 11 is 7.36. The number of rotatable bonds is 3. The van der Waals surface area contributed by atoms with Crippen LogP contribution < -0.4 is 9.47 Å². The highest BCUT2D eigenvalue weighted by Crippen LogP contribution is 2.46. The molecule has 2 aromatic carbocycles. The second-order valence-corrected chi connectivity index (χ2v) is 6.59. The predicted octanol–water partition coefficient (Wildman–Crippen LogP) is 5.07. The highest BCUT2D eigenvalue weighted by atomic mass is 79.9. The number of fused-ring (bicyclic) bond motifs is 1. The average molecular weight is 398 g/mol. The van der Waals surface area contributed by atoms with Crippen LogP contribution in [0, 0.1) is 0 Å². The summed E-state index contributed by atoms with van der Waals surface area (Å²) in [7, 11) is 1.67. The topological polar surface area (TPSA) is 18.5 Å². The molecule has 1 aliphatic rings. The second kappa shape index (κ2) is 5.78. The monoisotopic (exact) mass is 396 g/mol. The summed E-state index contributed by atoms with van der Waals surface area (Å²) in [5.74, 6) is 2.16. The number of methoxy groups -OCH3 is 1. The van der Waals surface area contributed by atoms with E-state index in [2.05, 4.69) is 56.1 Å². The lowest BCUT2D eigenvalue weighted by Crippen LogP contribution is -2.07. The molecule has 0 amide bonds. The van der Waals surface area contributed by atoms with Gasteiger partial charge in [0.15, 0.2) is 0 Å². The Labute approximate surface area is 135 Å². The van der Waals surface area contributed by atoms with Gasteiger partial charge in [0, 0.05) is 16.3 Å². The van der Waals surface area contributed by atoms with E-state index in [9.17, 15) is 0 Å². The maximum absolute atomic E-state index is 5.76. The van der Waals surface area contributed by atoms with Gasteiger partial charge in [0.05, 0.1) is 18.2 Å². The van der Waals surface area contributed by atoms with Crippen LogP contribution in [0.4, 0.5) is 0 Å². The summed E-state index contributed by atoms with van der Waals surface area (Å²) in [5.41, 5.74) is 2.48. The van der Waals surface area contributed by atoms with Crippen LogP contribution in [0.15, 0.2) is 46.9 Å². The molecule has 0 N–H and O–H groups in total. The Morgan fingerprint density at radius 3 is 2.80 bits per heavy atom. The number of alkyl halides is 1. The summed E-state index contributed by atoms with van der Waals surface area (Å²) in [6.45, 7) is 0.707. The van der Waals surface area contributed by atoms with Crippen LogP contribution in [-0.4, -0.2) is 13.7 Å². The first-order chi connectivity index (χ1) is 9.70. The fourth-order valence-corrected chi connectivity index (χ4v) is 3.80. The zero-order valence-electron chi connectivity index (χ0n) is 11.0. The quantitative estimate of drug-likeness (QED) is 0.673. The van der Waals surface area contributed by atoms with E-state index in [-0.39, 0.29) is 4.83 Å². The second-order valence-electron chi connectivity index (χ2n) is 4.75. The molecule has 0 saturated heterocycles. The van der Waals surface area contributed by atoms with E-state index in [0.29, 0.717) is 12.5 Å². The zero-order chi connectivity index (χ0) is 14.1. The molecule has 0 radical (unpaired) electrons. The molecule has 0 spiro atoms. The molecule has 4 heteroatoms. The molecule has 0 fully saturated rings. The smallest absolute Gasteiger partial charge is 0.133 e. The molecule has 0 aliphatic carbocycles. The summed E-state index contributed by atoms with van der Waals surface area (Å²) in [5, 5.41) is 0. The Hall–Kier alpha value is -1.00. The van der Waals surface area contributed by atoms with E-state index in [1.807, 2.05) is 18.2 Å². The molecule has 0 aromatic heterocycles. The first-order valence-corrected chi connectivity index (χ1v) is 8.11. The van der Waals surface area contributed by atoms with Crippen LogP contribution in [0.5, 0.6) is 11.5 Å². The van der Waals surface area contributed by atoms with Crippen molar-refractivity contribution in [1.29, 1.82) is 0 Å². The minimum Gasteiger partial charge on any atom is -0.496 e. The predicted molar refractivity (Wildman–Crippen MR) is 87.0 cm³/mol. The third kappa shape index (κ3) is 2.47. The van der Waals surface area contributed by atoms with E-state index in [1.165, 1.54) is 11.1 Å². The molecule has 2 aromatic rings. The van der Waals surface area contributed by atoms with Gasteiger partial charge in [-0.05, 0) is 39.7 Å². The first kappa shape index (κ1) is 14.0. The van der Waals surface area contributed by atoms with Crippen molar-refractivity contribution >= 4 is 31.9 Å². The Bertz CT molecular complexity index is 628. The van der Waals surface area contributed by atoms with Crippen LogP contribution in [0.3, 0.4) is 0 Å². The van der Waals surface area contributed by atoms with Gasteiger partial charge in [0.1, 0.15) is 11.5 Å². The van der Waals surface area contributed by atoms with Crippen LogP contribution in [0.25, 0.3) is 0 Å². The van der Waals surface area contributed by atoms with Gasteiger partial charge in [-0.3, -0.25) is 0 Å². The van der Waals surface area contributed by atoms with Crippen molar-refractivity contribution in [2.24, 2.45) is 0 Å². The molecule has 20 heavy (non-hydrogen) atoms. The molecule has 104 valence electrons. The Morgan fingerprint density at radius 2 is 2.05 bits per heavy atom. The molecule has 2 atom stereocenters. The Kier molecular flexibility index (Phi) is 4.03. The van der Waals surface area contributed by atoms with E-state index < -0.39 is 0 Å². The fraction of sp³-hybridized carbons (Fsp3) is 0.250. The maximum atomic E-state index is 5.76. The average Bonchev–Trinajstić information content (AvgIpc) is 2.90. The number of hydrogen-bond acceptors (Lipinski definition) is 2. The maximum Gasteiger partial charge on any atom is 0.133 e. The third-order valence-electron chi connectivity index (χ3n) is 3.58. The normalized spacial score (nSPS) is 18.2. The summed E-state index contributed by atoms with van der Waals surface area (Å²) in [4.78, 5) is 0.216. The highest BCUT2D eigenvalue weighted by Gasteiger charge is 2.30. The van der Waals surface area contributed by atoms with Crippen molar-refractivity contribution in [3.8, 4) is 11.5 Å². The lowest BCUT2D eigenvalue weighted by atomic mass is 9.93. The standard InChI is InChI=1S/C16H14Br2O2/c1-19-15-7-6-10(8-13(15)17)16(18)12-9-20-14-5-3-2-4-11(12)14/h2-8,12,16H,9H2,1H3. The first-order valence-electron chi connectivity index (χ1n) is 6.40. The zero-order valence-corrected chi connectivity index (χ0v) is 14.1. The molecule has 1 aliphatic heterocycles. The minimum atomic E-state index is 0.216. The van der Waals surface area contributed by atoms with Gasteiger partial charge < -0.3 is 9.47 Å². The van der Waals surface area contributed by atoms with Gasteiger partial charge in [-0.25, -0.2) is 0 Å². The number of ether oxygens (including phenoxy) is 2. The molecular formula is C16H14Br2O2. The summed E-state index contributed by atoms with van der Waals surface area (Å²) in [6, 6.07) is 14.4. The van der Waals surface area contributed by atoms with Crippen LogP contribution in [-0.2, 0) is 0 Å². The molecule has 2 nitrogen and oxygen atoms in total. The van der Waals surface area contributed by atoms with Crippen LogP contribution in [0.2, 0.25) is 0 Å². The van der Waals surface area contributed by atoms with E-state index in [1.54, 1.807) is 7.11 Å². The molecule has 2 unspecified atom stereocenters. The van der Waals surface area contributed by atoms with E-state index in [0.717, 1.165) is 16.0 Å². The van der Waals surface area contributed by atoms with E-state index in [4.69, 9.17) is 9.47 Å². The van der Waals surface area contributed by atoms with Crippen molar-refractivity contribution in [1.82, 2.24) is 0 Å². The summed E-state index contributed by atoms with van der Waals surface area (Å²) in [6.07, 6.45) is 0. The van der Waals surface area contributed by atoms with Gasteiger partial charge in [0.25, 0.3) is 0 Å². The Balaban J connectivity index is 1.90. The molecule has 0 bridgehead atoms. The highest BCUT2D eigenvalue weighted by molar-refractivity contribution is 9.10. The number of hydrogen-bond donors (Lipinski definition) is 0. The molecular weight excluding hydrogens is 384 g/mol. The minimum absolute atomic E-state index is 0.216. The van der Waals surface area contributed by atoms with Crippen LogP contribution in [0.1, 0.15) is 21.9 Å². The number of para-hydroxylation sites is 1. The lowest BCUT2D eigenvalue weighted by Gasteiger charge is -2.18. The largest absolute Gasteiger partial charge is 0.496 e.